The highest BCUT2D eigenvalue weighted by molar-refractivity contribution is 4.84. The van der Waals surface area contributed by atoms with Crippen molar-refractivity contribution in [1.82, 2.24) is 4.57 Å². The Morgan fingerprint density at radius 1 is 0.515 bits per heavy atom. The largest absolute Gasteiger partial charge is 0.256 e. The van der Waals surface area contributed by atoms with Crippen LogP contribution in [0.25, 0.3) is 0 Å². The van der Waals surface area contributed by atoms with Crippen molar-refractivity contribution in [2.45, 2.75) is 182 Å². The zero-order valence-electron chi connectivity index (χ0n) is 23.2. The van der Waals surface area contributed by atoms with Crippen molar-refractivity contribution >= 4 is 0 Å². The van der Waals surface area contributed by atoms with Gasteiger partial charge in [0.25, 0.3) is 5.82 Å². The number of nitrogens with zero attached hydrogens (tertiary/aromatic N) is 2. The van der Waals surface area contributed by atoms with Gasteiger partial charge in [-0.1, -0.05) is 130 Å². The molecule has 0 aliphatic carbocycles. The number of rotatable bonds is 25. The Bertz CT molecular complexity index is 519. The van der Waals surface area contributed by atoms with Crippen molar-refractivity contribution in [3.63, 3.8) is 0 Å². The molecule has 0 unspecified atom stereocenters. The van der Waals surface area contributed by atoms with Gasteiger partial charge < -0.3 is 0 Å². The third kappa shape index (κ3) is 16.5. The maximum Gasteiger partial charge on any atom is 0.256 e. The second-order valence-electron chi connectivity index (χ2n) is 10.6. The first-order chi connectivity index (χ1) is 16.3. The normalized spacial score (nSPS) is 11.5. The summed E-state index contributed by atoms with van der Waals surface area (Å²) in [6.07, 6.45) is 37.0. The second kappa shape index (κ2) is 23.0. The van der Waals surface area contributed by atoms with Crippen molar-refractivity contribution in [3.05, 3.63) is 18.2 Å². The van der Waals surface area contributed by atoms with Gasteiger partial charge in [-0.3, -0.25) is 0 Å². The fourth-order valence-corrected chi connectivity index (χ4v) is 5.09. The van der Waals surface area contributed by atoms with Crippen molar-refractivity contribution in [3.8, 4) is 0 Å². The molecule has 2 heteroatoms. The maximum absolute atomic E-state index is 2.60. The molecule has 0 saturated heterocycles. The molecule has 0 atom stereocenters. The Kier molecular flexibility index (Phi) is 21.1. The minimum atomic E-state index is 1.22. The Balaban J connectivity index is 2.25. The average Bonchev–Trinajstić information content (AvgIpc) is 3.21. The molecule has 0 saturated carbocycles. The molecular formula is C31H61N2+. The second-order valence-corrected chi connectivity index (χ2v) is 10.6. The summed E-state index contributed by atoms with van der Waals surface area (Å²) >= 11 is 0. The molecule has 0 aromatic carbocycles. The Morgan fingerprint density at radius 3 is 1.45 bits per heavy atom. The van der Waals surface area contributed by atoms with Crippen LogP contribution in [0.3, 0.4) is 0 Å². The standard InChI is InChI=1S/C31H61N2/c1-4-7-10-13-15-16-17-18-19-20-22-25-28-33-30-29-32(27-24-21-14-11-8-5-2)31(33)26-23-12-9-6-3/h29-30H,4-28H2,1-3H3/q+1. The van der Waals surface area contributed by atoms with E-state index in [0.717, 1.165) is 0 Å². The van der Waals surface area contributed by atoms with Crippen LogP contribution >= 0.6 is 0 Å². The van der Waals surface area contributed by atoms with Crippen molar-refractivity contribution in [2.24, 2.45) is 0 Å². The summed E-state index contributed by atoms with van der Waals surface area (Å²) in [5, 5.41) is 0. The lowest BCUT2D eigenvalue weighted by molar-refractivity contribution is -0.704. The minimum absolute atomic E-state index is 1.22. The molecule has 0 aliphatic rings. The SMILES string of the molecule is CCCCCCCCCCCCCC[n+]1ccn(CCCCCCCC)c1CCCCCC. The van der Waals surface area contributed by atoms with E-state index in [1.54, 1.807) is 5.82 Å². The fourth-order valence-electron chi connectivity index (χ4n) is 5.09. The lowest BCUT2D eigenvalue weighted by Gasteiger charge is -2.07. The van der Waals surface area contributed by atoms with Crippen molar-refractivity contribution in [2.75, 3.05) is 0 Å². The van der Waals surface area contributed by atoms with Gasteiger partial charge in [-0.15, -0.1) is 0 Å². The van der Waals surface area contributed by atoms with Crippen LogP contribution in [0.5, 0.6) is 0 Å². The number of aromatic nitrogens is 2. The van der Waals surface area contributed by atoms with Crippen LogP contribution in [0.2, 0.25) is 0 Å². The zero-order chi connectivity index (χ0) is 23.8. The summed E-state index contributed by atoms with van der Waals surface area (Å²) < 4.78 is 5.19. The van der Waals surface area contributed by atoms with Crippen LogP contribution in [-0.4, -0.2) is 4.57 Å². The minimum Gasteiger partial charge on any atom is -0.234 e. The van der Waals surface area contributed by atoms with E-state index in [2.05, 4.69) is 42.3 Å². The topological polar surface area (TPSA) is 8.81 Å². The molecule has 0 fully saturated rings. The lowest BCUT2D eigenvalue weighted by atomic mass is 10.1. The first kappa shape index (κ1) is 30.2. The van der Waals surface area contributed by atoms with E-state index in [9.17, 15) is 0 Å². The van der Waals surface area contributed by atoms with E-state index < -0.39 is 0 Å². The highest BCUT2D eigenvalue weighted by Crippen LogP contribution is 2.13. The van der Waals surface area contributed by atoms with E-state index in [-0.39, 0.29) is 0 Å². The average molecular weight is 462 g/mol. The summed E-state index contributed by atoms with van der Waals surface area (Å²) in [6, 6.07) is 0. The molecule has 1 rings (SSSR count). The molecule has 1 aromatic heterocycles. The van der Waals surface area contributed by atoms with E-state index in [1.165, 1.54) is 161 Å². The van der Waals surface area contributed by atoms with Crippen LogP contribution in [0.1, 0.15) is 168 Å². The molecule has 1 aromatic rings. The molecule has 0 radical (unpaired) electrons. The molecule has 194 valence electrons. The molecular weight excluding hydrogens is 400 g/mol. The molecule has 2 nitrogen and oxygen atoms in total. The first-order valence-electron chi connectivity index (χ1n) is 15.4. The van der Waals surface area contributed by atoms with E-state index in [1.807, 2.05) is 0 Å². The number of hydrogen-bond donors (Lipinski definition) is 0. The summed E-state index contributed by atoms with van der Waals surface area (Å²) in [4.78, 5) is 0. The van der Waals surface area contributed by atoms with Gasteiger partial charge in [0.1, 0.15) is 12.4 Å². The predicted octanol–water partition coefficient (Wildman–Crippen LogP) is 9.96. The summed E-state index contributed by atoms with van der Waals surface area (Å²) in [7, 11) is 0. The highest BCUT2D eigenvalue weighted by Gasteiger charge is 2.16. The lowest BCUT2D eigenvalue weighted by Crippen LogP contribution is -2.37. The van der Waals surface area contributed by atoms with Gasteiger partial charge in [0.2, 0.25) is 0 Å². The van der Waals surface area contributed by atoms with Crippen LogP contribution < -0.4 is 4.57 Å². The number of unbranched alkanes of at least 4 members (excludes halogenated alkanes) is 19. The van der Waals surface area contributed by atoms with E-state index in [0.29, 0.717) is 0 Å². The Hall–Kier alpha value is -0.790. The summed E-state index contributed by atoms with van der Waals surface area (Å²) in [5.41, 5.74) is 0. The Morgan fingerprint density at radius 2 is 0.939 bits per heavy atom. The maximum atomic E-state index is 2.60. The third-order valence-corrected chi connectivity index (χ3v) is 7.35. The highest BCUT2D eigenvalue weighted by atomic mass is 15.1. The fraction of sp³-hybridized carbons (Fsp3) is 0.903. The van der Waals surface area contributed by atoms with E-state index >= 15 is 0 Å². The monoisotopic (exact) mass is 461 g/mol. The number of hydrogen-bond acceptors (Lipinski definition) is 0. The molecule has 0 spiro atoms. The molecule has 0 aliphatic heterocycles. The quantitative estimate of drug-likeness (QED) is 0.101. The molecule has 0 bridgehead atoms. The van der Waals surface area contributed by atoms with Gasteiger partial charge in [-0.25, -0.2) is 9.13 Å². The van der Waals surface area contributed by atoms with Gasteiger partial charge in [-0.05, 0) is 32.1 Å². The van der Waals surface area contributed by atoms with Crippen molar-refractivity contribution in [1.29, 1.82) is 0 Å². The van der Waals surface area contributed by atoms with Gasteiger partial charge in [0.15, 0.2) is 0 Å². The van der Waals surface area contributed by atoms with Gasteiger partial charge in [-0.2, -0.15) is 0 Å². The van der Waals surface area contributed by atoms with Crippen molar-refractivity contribution < 1.29 is 4.57 Å². The third-order valence-electron chi connectivity index (χ3n) is 7.35. The molecule has 1 heterocycles. The van der Waals surface area contributed by atoms with Crippen LogP contribution in [0.15, 0.2) is 12.4 Å². The zero-order valence-corrected chi connectivity index (χ0v) is 23.2. The summed E-state index contributed by atoms with van der Waals surface area (Å²) in [5.74, 6) is 1.60. The molecule has 33 heavy (non-hydrogen) atoms. The van der Waals surface area contributed by atoms with Gasteiger partial charge in [0.05, 0.1) is 13.1 Å². The van der Waals surface area contributed by atoms with E-state index in [4.69, 9.17) is 0 Å². The first-order valence-corrected chi connectivity index (χ1v) is 15.4. The number of aryl methyl sites for hydroxylation is 2. The Labute approximate surface area is 208 Å². The smallest absolute Gasteiger partial charge is 0.234 e. The summed E-state index contributed by atoms with van der Waals surface area (Å²) in [6.45, 7) is 9.37. The molecule has 0 amide bonds. The van der Waals surface area contributed by atoms with Gasteiger partial charge >= 0.3 is 0 Å². The van der Waals surface area contributed by atoms with Crippen LogP contribution in [0.4, 0.5) is 0 Å². The number of imidazole rings is 1. The predicted molar refractivity (Wildman–Crippen MR) is 147 cm³/mol. The molecule has 0 N–H and O–H groups in total. The van der Waals surface area contributed by atoms with Crippen LogP contribution in [-0.2, 0) is 19.5 Å². The van der Waals surface area contributed by atoms with Crippen LogP contribution in [0, 0.1) is 0 Å². The van der Waals surface area contributed by atoms with Gasteiger partial charge in [0, 0.05) is 6.42 Å².